The van der Waals surface area contributed by atoms with Crippen molar-refractivity contribution >= 4 is 0 Å². The maximum absolute atomic E-state index is 13.0. The largest absolute Gasteiger partial charge is 0.312 e. The number of benzene rings is 1. The summed E-state index contributed by atoms with van der Waals surface area (Å²) >= 11 is 0. The van der Waals surface area contributed by atoms with Crippen molar-refractivity contribution in [1.82, 2.24) is 5.32 Å². The van der Waals surface area contributed by atoms with Gasteiger partial charge >= 0.3 is 0 Å². The summed E-state index contributed by atoms with van der Waals surface area (Å²) in [5.41, 5.74) is 2.00. The highest BCUT2D eigenvalue weighted by Crippen LogP contribution is 2.16. The lowest BCUT2D eigenvalue weighted by molar-refractivity contribution is 0.563. The third-order valence-corrected chi connectivity index (χ3v) is 2.09. The van der Waals surface area contributed by atoms with E-state index in [1.54, 1.807) is 6.07 Å². The summed E-state index contributed by atoms with van der Waals surface area (Å²) in [7, 11) is 0. The molecule has 2 rings (SSSR count). The van der Waals surface area contributed by atoms with Gasteiger partial charge in [-0.1, -0.05) is 12.1 Å². The van der Waals surface area contributed by atoms with Gasteiger partial charge in [-0.25, -0.2) is 4.39 Å². The first-order chi connectivity index (χ1) is 5.38. The van der Waals surface area contributed by atoms with E-state index in [9.17, 15) is 4.39 Å². The van der Waals surface area contributed by atoms with Gasteiger partial charge in [0.05, 0.1) is 0 Å². The highest BCUT2D eigenvalue weighted by atomic mass is 19.1. The Bertz CT molecular complexity index is 270. The van der Waals surface area contributed by atoms with Crippen molar-refractivity contribution in [2.75, 3.05) is 6.54 Å². The summed E-state index contributed by atoms with van der Waals surface area (Å²) in [5.74, 6) is -0.0744. The van der Waals surface area contributed by atoms with Gasteiger partial charge in [-0.3, -0.25) is 0 Å². The van der Waals surface area contributed by atoms with Gasteiger partial charge in [0.2, 0.25) is 0 Å². The molecular weight excluding hydrogens is 141 g/mol. The lowest BCUT2D eigenvalue weighted by Gasteiger charge is -2.16. The number of hydrogen-bond donors (Lipinski definition) is 1. The molecule has 0 saturated heterocycles. The van der Waals surface area contributed by atoms with Crippen LogP contribution in [0.4, 0.5) is 4.39 Å². The lowest BCUT2D eigenvalue weighted by Crippen LogP contribution is -2.24. The van der Waals surface area contributed by atoms with Crippen molar-refractivity contribution in [1.29, 1.82) is 0 Å². The molecule has 1 aromatic carbocycles. The molecule has 0 saturated carbocycles. The Hall–Kier alpha value is -0.890. The summed E-state index contributed by atoms with van der Waals surface area (Å²) in [6.45, 7) is 1.65. The molecule has 1 aromatic rings. The second-order valence-electron chi connectivity index (χ2n) is 2.80. The number of fused-ring (bicyclic) bond motifs is 1. The van der Waals surface area contributed by atoms with E-state index >= 15 is 0 Å². The second-order valence-corrected chi connectivity index (χ2v) is 2.80. The Labute approximate surface area is 65.2 Å². The molecule has 0 atom stereocenters. The van der Waals surface area contributed by atoms with Crippen LogP contribution in [0.25, 0.3) is 0 Å². The molecule has 1 aliphatic rings. The van der Waals surface area contributed by atoms with Gasteiger partial charge in [0.1, 0.15) is 5.82 Å². The highest BCUT2D eigenvalue weighted by Gasteiger charge is 2.11. The molecule has 0 radical (unpaired) electrons. The van der Waals surface area contributed by atoms with Crippen molar-refractivity contribution in [2.45, 2.75) is 13.0 Å². The van der Waals surface area contributed by atoms with Crippen molar-refractivity contribution in [3.8, 4) is 0 Å². The first-order valence-electron chi connectivity index (χ1n) is 3.85. The van der Waals surface area contributed by atoms with Crippen LogP contribution in [0, 0.1) is 5.82 Å². The SMILES string of the molecule is Fc1cccc2c1CNCC2. The van der Waals surface area contributed by atoms with Crippen LogP contribution in [-0.2, 0) is 13.0 Å². The van der Waals surface area contributed by atoms with Gasteiger partial charge in [0, 0.05) is 12.1 Å². The summed E-state index contributed by atoms with van der Waals surface area (Å²) < 4.78 is 13.0. The molecule has 2 heteroatoms. The minimum atomic E-state index is -0.0744. The summed E-state index contributed by atoms with van der Waals surface area (Å²) in [6, 6.07) is 5.30. The topological polar surface area (TPSA) is 12.0 Å². The molecular formula is C9H10FN. The van der Waals surface area contributed by atoms with Crippen molar-refractivity contribution in [3.63, 3.8) is 0 Å². The fourth-order valence-electron chi connectivity index (χ4n) is 1.47. The van der Waals surface area contributed by atoms with Crippen LogP contribution in [0.1, 0.15) is 11.1 Å². The fourth-order valence-corrected chi connectivity index (χ4v) is 1.47. The molecule has 58 valence electrons. The van der Waals surface area contributed by atoms with Crippen LogP contribution in [0.2, 0.25) is 0 Å². The normalized spacial score (nSPS) is 16.1. The molecule has 1 N–H and O–H groups in total. The lowest BCUT2D eigenvalue weighted by atomic mass is 10.0. The molecule has 0 aromatic heterocycles. The molecule has 0 unspecified atom stereocenters. The zero-order chi connectivity index (χ0) is 7.68. The third kappa shape index (κ3) is 1.14. The fraction of sp³-hybridized carbons (Fsp3) is 0.333. The Balaban J connectivity index is 2.49. The summed E-state index contributed by atoms with van der Waals surface area (Å²) in [4.78, 5) is 0. The van der Waals surface area contributed by atoms with Crippen LogP contribution in [0.15, 0.2) is 18.2 Å². The van der Waals surface area contributed by atoms with E-state index in [0.717, 1.165) is 24.1 Å². The molecule has 1 nitrogen and oxygen atoms in total. The summed E-state index contributed by atoms with van der Waals surface area (Å²) in [5, 5.41) is 3.14. The van der Waals surface area contributed by atoms with Crippen molar-refractivity contribution in [2.24, 2.45) is 0 Å². The van der Waals surface area contributed by atoms with Crippen LogP contribution >= 0.6 is 0 Å². The van der Waals surface area contributed by atoms with Gasteiger partial charge < -0.3 is 5.32 Å². The average molecular weight is 151 g/mol. The average Bonchev–Trinajstić information content (AvgIpc) is 2.06. The highest BCUT2D eigenvalue weighted by molar-refractivity contribution is 5.30. The van der Waals surface area contributed by atoms with Gasteiger partial charge in [-0.05, 0) is 24.6 Å². The molecule has 0 amide bonds. The third-order valence-electron chi connectivity index (χ3n) is 2.09. The van der Waals surface area contributed by atoms with Gasteiger partial charge in [-0.2, -0.15) is 0 Å². The van der Waals surface area contributed by atoms with Gasteiger partial charge in [-0.15, -0.1) is 0 Å². The maximum Gasteiger partial charge on any atom is 0.127 e. The molecule has 0 aliphatic carbocycles. The van der Waals surface area contributed by atoms with Gasteiger partial charge in [0.15, 0.2) is 0 Å². The van der Waals surface area contributed by atoms with Crippen LogP contribution in [-0.4, -0.2) is 6.54 Å². The maximum atomic E-state index is 13.0. The zero-order valence-corrected chi connectivity index (χ0v) is 6.23. The van der Waals surface area contributed by atoms with E-state index in [-0.39, 0.29) is 5.82 Å². The molecule has 0 bridgehead atoms. The van der Waals surface area contributed by atoms with Crippen molar-refractivity contribution < 1.29 is 4.39 Å². The second kappa shape index (κ2) is 2.62. The molecule has 1 heterocycles. The van der Waals surface area contributed by atoms with Gasteiger partial charge in [0.25, 0.3) is 0 Å². The Kier molecular flexibility index (Phi) is 1.62. The Morgan fingerprint density at radius 3 is 3.09 bits per heavy atom. The Morgan fingerprint density at radius 2 is 2.27 bits per heavy atom. The standard InChI is InChI=1S/C9H10FN/c10-9-3-1-2-7-4-5-11-6-8(7)9/h1-3,11H,4-6H2. The Morgan fingerprint density at radius 1 is 1.36 bits per heavy atom. The first kappa shape index (κ1) is 6.80. The number of nitrogens with one attached hydrogen (secondary N) is 1. The number of halogens is 1. The van der Waals surface area contributed by atoms with E-state index in [1.165, 1.54) is 6.07 Å². The minimum absolute atomic E-state index is 0.0744. The predicted octanol–water partition coefficient (Wildman–Crippen LogP) is 1.47. The van der Waals surface area contributed by atoms with E-state index in [0.29, 0.717) is 6.54 Å². The van der Waals surface area contributed by atoms with E-state index in [4.69, 9.17) is 0 Å². The molecule has 1 aliphatic heterocycles. The monoisotopic (exact) mass is 151 g/mol. The smallest absolute Gasteiger partial charge is 0.127 e. The van der Waals surface area contributed by atoms with Crippen LogP contribution in [0.5, 0.6) is 0 Å². The zero-order valence-electron chi connectivity index (χ0n) is 6.23. The van der Waals surface area contributed by atoms with E-state index in [1.807, 2.05) is 6.07 Å². The first-order valence-corrected chi connectivity index (χ1v) is 3.85. The van der Waals surface area contributed by atoms with Crippen LogP contribution < -0.4 is 5.32 Å². The predicted molar refractivity (Wildman–Crippen MR) is 41.8 cm³/mol. The van der Waals surface area contributed by atoms with Crippen molar-refractivity contribution in [3.05, 3.63) is 35.1 Å². The summed E-state index contributed by atoms with van der Waals surface area (Å²) in [6.07, 6.45) is 0.951. The molecule has 0 spiro atoms. The molecule has 11 heavy (non-hydrogen) atoms. The van der Waals surface area contributed by atoms with E-state index in [2.05, 4.69) is 5.32 Å². The molecule has 0 fully saturated rings. The quantitative estimate of drug-likeness (QED) is 0.592. The minimum Gasteiger partial charge on any atom is -0.312 e. The number of hydrogen-bond acceptors (Lipinski definition) is 1. The van der Waals surface area contributed by atoms with Crippen LogP contribution in [0.3, 0.4) is 0 Å². The number of rotatable bonds is 0. The van der Waals surface area contributed by atoms with E-state index < -0.39 is 0 Å².